The summed E-state index contributed by atoms with van der Waals surface area (Å²) in [7, 11) is -1.54. The number of halogens is 2. The van der Waals surface area contributed by atoms with E-state index in [1.54, 1.807) is 12.4 Å². The highest BCUT2D eigenvalue weighted by molar-refractivity contribution is 7.91. The van der Waals surface area contributed by atoms with E-state index in [9.17, 15) is 17.6 Å². The lowest BCUT2D eigenvalue weighted by molar-refractivity contribution is 0.212. The van der Waals surface area contributed by atoms with E-state index >= 15 is 0 Å². The predicted molar refractivity (Wildman–Crippen MR) is 115 cm³/mol. The van der Waals surface area contributed by atoms with Crippen LogP contribution in [-0.4, -0.2) is 47.7 Å². The lowest BCUT2D eigenvalue weighted by atomic mass is 10.3. The summed E-state index contributed by atoms with van der Waals surface area (Å²) < 4.78 is 40.6. The number of benzene rings is 1. The first-order valence-corrected chi connectivity index (χ1v) is 11.9. The molecule has 7 nitrogen and oxygen atoms in total. The van der Waals surface area contributed by atoms with Gasteiger partial charge in [-0.25, -0.2) is 22.6 Å². The third-order valence-corrected chi connectivity index (χ3v) is 8.51. The molecule has 0 radical (unpaired) electrons. The van der Waals surface area contributed by atoms with Gasteiger partial charge in [-0.05, 0) is 30.3 Å². The van der Waals surface area contributed by atoms with Gasteiger partial charge in [-0.2, -0.15) is 0 Å². The normalized spacial score (nSPS) is 18.4. The highest BCUT2D eigenvalue weighted by Crippen LogP contribution is 2.36. The van der Waals surface area contributed by atoms with E-state index in [4.69, 9.17) is 11.6 Å². The molecule has 2 amide bonds. The van der Waals surface area contributed by atoms with E-state index in [2.05, 4.69) is 10.3 Å². The first-order chi connectivity index (χ1) is 14.2. The van der Waals surface area contributed by atoms with Gasteiger partial charge in [0.2, 0.25) is 0 Å². The number of anilines is 1. The number of imidazole rings is 1. The Hall–Kier alpha value is -2.43. The smallest absolute Gasteiger partial charge is 0.321 e. The minimum Gasteiger partial charge on any atom is -0.340 e. The van der Waals surface area contributed by atoms with Crippen molar-refractivity contribution in [2.75, 3.05) is 24.2 Å². The summed E-state index contributed by atoms with van der Waals surface area (Å²) in [5.74, 6) is -0.716. The molecule has 30 heavy (non-hydrogen) atoms. The highest BCUT2D eigenvalue weighted by atomic mass is 35.5. The second-order valence-electron chi connectivity index (χ2n) is 6.99. The standard InChI is InChI=1S/C19H18ClFN4O3S2/c1-24-9-15(22-11-24)16-4-5-17(29-16)18-10-25(6-7-30(18,27)28)19(26)23-12-2-3-14(21)13(20)8-12/h2-5,8-9,11,18H,6-7,10H2,1H3,(H,23,26)/t18-/m0/s1. The van der Waals surface area contributed by atoms with E-state index in [1.807, 2.05) is 23.9 Å². The van der Waals surface area contributed by atoms with Crippen molar-refractivity contribution < 1.29 is 17.6 Å². The van der Waals surface area contributed by atoms with Crippen molar-refractivity contribution in [2.24, 2.45) is 7.05 Å². The topological polar surface area (TPSA) is 84.3 Å². The van der Waals surface area contributed by atoms with Crippen LogP contribution in [0.3, 0.4) is 0 Å². The summed E-state index contributed by atoms with van der Waals surface area (Å²) >= 11 is 7.11. The van der Waals surface area contributed by atoms with Gasteiger partial charge >= 0.3 is 6.03 Å². The SMILES string of the molecule is Cn1cnc(-c2ccc([C@@H]3CN(C(=O)Nc4ccc(F)c(Cl)c4)CCS3(=O)=O)s2)c1. The van der Waals surface area contributed by atoms with E-state index in [0.717, 1.165) is 16.6 Å². The van der Waals surface area contributed by atoms with E-state index in [0.29, 0.717) is 10.6 Å². The molecule has 1 fully saturated rings. The third-order valence-electron chi connectivity index (χ3n) is 4.82. The quantitative estimate of drug-likeness (QED) is 0.631. The molecule has 3 heterocycles. The Morgan fingerprint density at radius 1 is 1.33 bits per heavy atom. The minimum absolute atomic E-state index is 0.0330. The van der Waals surface area contributed by atoms with Crippen LogP contribution >= 0.6 is 22.9 Å². The van der Waals surface area contributed by atoms with Crippen LogP contribution in [-0.2, 0) is 16.9 Å². The number of aromatic nitrogens is 2. The Morgan fingerprint density at radius 2 is 2.13 bits per heavy atom. The Labute approximate surface area is 182 Å². The number of amides is 2. The molecule has 0 unspecified atom stereocenters. The number of urea groups is 1. The first kappa shape index (κ1) is 20.8. The summed E-state index contributed by atoms with van der Waals surface area (Å²) in [6.07, 6.45) is 3.54. The predicted octanol–water partition coefficient (Wildman–Crippen LogP) is 3.94. The van der Waals surface area contributed by atoms with Gasteiger partial charge in [0.1, 0.15) is 11.1 Å². The maximum atomic E-state index is 13.3. The van der Waals surface area contributed by atoms with Crippen LogP contribution in [0.5, 0.6) is 0 Å². The molecule has 3 aromatic rings. The number of carbonyl (C=O) groups is 1. The maximum absolute atomic E-state index is 13.3. The zero-order valence-corrected chi connectivity index (χ0v) is 18.3. The number of carbonyl (C=O) groups excluding carboxylic acids is 1. The van der Waals surface area contributed by atoms with Crippen molar-refractivity contribution in [3.05, 3.63) is 58.6 Å². The zero-order valence-electron chi connectivity index (χ0n) is 15.9. The zero-order chi connectivity index (χ0) is 21.5. The molecule has 11 heteroatoms. The van der Waals surface area contributed by atoms with Crippen LogP contribution < -0.4 is 5.32 Å². The fourth-order valence-corrected chi connectivity index (χ4v) is 6.52. The van der Waals surface area contributed by atoms with Crippen molar-refractivity contribution in [2.45, 2.75) is 5.25 Å². The van der Waals surface area contributed by atoms with Gasteiger partial charge in [0.05, 0.1) is 27.7 Å². The number of nitrogens with one attached hydrogen (secondary N) is 1. The summed E-state index contributed by atoms with van der Waals surface area (Å²) in [6.45, 7) is 0.114. The van der Waals surface area contributed by atoms with Crippen LogP contribution in [0.25, 0.3) is 10.6 Å². The summed E-state index contributed by atoms with van der Waals surface area (Å²) in [4.78, 5) is 19.9. The average Bonchev–Trinajstić information content (AvgIpc) is 3.33. The molecule has 2 aromatic heterocycles. The van der Waals surface area contributed by atoms with Gasteiger partial charge in [-0.3, -0.25) is 0 Å². The van der Waals surface area contributed by atoms with Gasteiger partial charge in [0.15, 0.2) is 9.84 Å². The minimum atomic E-state index is -3.40. The molecule has 1 aromatic carbocycles. The number of hydrogen-bond donors (Lipinski definition) is 1. The first-order valence-electron chi connectivity index (χ1n) is 9.03. The molecule has 1 atom stereocenters. The molecule has 4 rings (SSSR count). The van der Waals surface area contributed by atoms with Gasteiger partial charge < -0.3 is 14.8 Å². The molecule has 0 saturated carbocycles. The van der Waals surface area contributed by atoms with Gasteiger partial charge in [0.25, 0.3) is 0 Å². The molecule has 1 aliphatic heterocycles. The number of nitrogens with zero attached hydrogens (tertiary/aromatic N) is 3. The average molecular weight is 469 g/mol. The summed E-state index contributed by atoms with van der Waals surface area (Å²) in [6, 6.07) is 7.03. The van der Waals surface area contributed by atoms with Crippen LogP contribution in [0.2, 0.25) is 5.02 Å². The van der Waals surface area contributed by atoms with E-state index < -0.39 is 26.9 Å². The third kappa shape index (κ3) is 4.21. The second-order valence-corrected chi connectivity index (χ2v) is 10.8. The molecule has 0 bridgehead atoms. The number of hydrogen-bond acceptors (Lipinski definition) is 5. The monoisotopic (exact) mass is 468 g/mol. The van der Waals surface area contributed by atoms with E-state index in [1.165, 1.54) is 28.4 Å². The fraction of sp³-hybridized carbons (Fsp3) is 0.263. The van der Waals surface area contributed by atoms with Crippen molar-refractivity contribution in [3.8, 4) is 10.6 Å². The summed E-state index contributed by atoms with van der Waals surface area (Å²) in [5.41, 5.74) is 1.11. The van der Waals surface area contributed by atoms with Crippen molar-refractivity contribution in [1.82, 2.24) is 14.5 Å². The second kappa shape index (κ2) is 8.01. The van der Waals surface area contributed by atoms with E-state index in [-0.39, 0.29) is 23.9 Å². The van der Waals surface area contributed by atoms with Crippen LogP contribution in [0, 0.1) is 5.82 Å². The van der Waals surface area contributed by atoms with Crippen molar-refractivity contribution >= 4 is 44.5 Å². The molecule has 1 N–H and O–H groups in total. The molecular weight excluding hydrogens is 451 g/mol. The fourth-order valence-electron chi connectivity index (χ4n) is 3.22. The molecule has 158 valence electrons. The molecule has 1 saturated heterocycles. The Bertz CT molecular complexity index is 1210. The van der Waals surface area contributed by atoms with Crippen LogP contribution in [0.4, 0.5) is 14.9 Å². The van der Waals surface area contributed by atoms with Gasteiger partial charge in [-0.1, -0.05) is 11.6 Å². The Morgan fingerprint density at radius 3 is 2.83 bits per heavy atom. The number of sulfone groups is 1. The van der Waals surface area contributed by atoms with Gasteiger partial charge in [0, 0.05) is 36.9 Å². The number of rotatable bonds is 3. The highest BCUT2D eigenvalue weighted by Gasteiger charge is 2.37. The lowest BCUT2D eigenvalue weighted by Gasteiger charge is -2.32. The molecule has 0 spiro atoms. The number of aryl methyl sites for hydroxylation is 1. The molecular formula is C19H18ClFN4O3S2. The van der Waals surface area contributed by atoms with Crippen LogP contribution in [0.1, 0.15) is 10.1 Å². The van der Waals surface area contributed by atoms with Crippen LogP contribution in [0.15, 0.2) is 42.9 Å². The lowest BCUT2D eigenvalue weighted by Crippen LogP contribution is -2.47. The summed E-state index contributed by atoms with van der Waals surface area (Å²) in [5, 5.41) is 1.73. The van der Waals surface area contributed by atoms with Crippen molar-refractivity contribution in [3.63, 3.8) is 0 Å². The largest absolute Gasteiger partial charge is 0.340 e. The Balaban J connectivity index is 1.53. The Kier molecular flexibility index (Phi) is 5.56. The number of thiophene rings is 1. The van der Waals surface area contributed by atoms with Gasteiger partial charge in [-0.15, -0.1) is 11.3 Å². The molecule has 0 aliphatic carbocycles. The van der Waals surface area contributed by atoms with Crippen molar-refractivity contribution in [1.29, 1.82) is 0 Å². The molecule has 1 aliphatic rings. The maximum Gasteiger partial charge on any atom is 0.321 e.